The van der Waals surface area contributed by atoms with Gasteiger partial charge in [-0.25, -0.2) is 4.39 Å². The van der Waals surface area contributed by atoms with Gasteiger partial charge in [-0.2, -0.15) is 0 Å². The molecule has 0 aromatic heterocycles. The predicted octanol–water partition coefficient (Wildman–Crippen LogP) is 3.61. The van der Waals surface area contributed by atoms with E-state index in [9.17, 15) is 9.18 Å². The fraction of sp³-hybridized carbons (Fsp3) is 0.588. The van der Waals surface area contributed by atoms with Crippen LogP contribution in [-0.4, -0.2) is 22.4 Å². The summed E-state index contributed by atoms with van der Waals surface area (Å²) in [5.41, 5.74) is 0.243. The van der Waals surface area contributed by atoms with Gasteiger partial charge in [-0.3, -0.25) is 10.1 Å². The summed E-state index contributed by atoms with van der Waals surface area (Å²) in [6, 6.07) is 6.70. The van der Waals surface area contributed by atoms with Crippen LogP contribution < -0.4 is 5.32 Å². The van der Waals surface area contributed by atoms with Crippen LogP contribution in [0.15, 0.2) is 24.3 Å². The highest BCUT2D eigenvalue weighted by molar-refractivity contribution is 5.88. The van der Waals surface area contributed by atoms with Crippen molar-refractivity contribution >= 4 is 5.91 Å². The Bertz CT molecular complexity index is 515. The van der Waals surface area contributed by atoms with Crippen molar-refractivity contribution in [3.05, 3.63) is 35.6 Å². The van der Waals surface area contributed by atoms with E-state index in [4.69, 9.17) is 0 Å². The number of rotatable bonds is 5. The van der Waals surface area contributed by atoms with Gasteiger partial charge in [0.1, 0.15) is 12.0 Å². The molecular formula is C17H25FN2O. The van der Waals surface area contributed by atoms with Gasteiger partial charge in [0.15, 0.2) is 0 Å². The summed E-state index contributed by atoms with van der Waals surface area (Å²) in [6.45, 7) is 8.12. The normalized spacial score (nSPS) is 25.9. The topological polar surface area (TPSA) is 32.3 Å². The summed E-state index contributed by atoms with van der Waals surface area (Å²) in [7, 11) is 0. The molecule has 1 aromatic carbocycles. The third-order valence-corrected chi connectivity index (χ3v) is 4.65. The molecule has 2 rings (SSSR count). The van der Waals surface area contributed by atoms with Gasteiger partial charge >= 0.3 is 0 Å². The van der Waals surface area contributed by atoms with Crippen molar-refractivity contribution in [3.8, 4) is 0 Å². The molecule has 0 aliphatic carbocycles. The highest BCUT2D eigenvalue weighted by Gasteiger charge is 2.48. The molecule has 2 unspecified atom stereocenters. The monoisotopic (exact) mass is 292 g/mol. The summed E-state index contributed by atoms with van der Waals surface area (Å²) in [4.78, 5) is 14.8. The Morgan fingerprint density at radius 1 is 1.33 bits per heavy atom. The van der Waals surface area contributed by atoms with Gasteiger partial charge in [0.25, 0.3) is 0 Å². The minimum absolute atomic E-state index is 0.118. The van der Waals surface area contributed by atoms with E-state index in [1.165, 1.54) is 12.1 Å². The van der Waals surface area contributed by atoms with Crippen LogP contribution in [0.2, 0.25) is 0 Å². The quantitative estimate of drug-likeness (QED) is 0.899. The fourth-order valence-electron chi connectivity index (χ4n) is 3.07. The first-order valence-electron chi connectivity index (χ1n) is 7.82. The van der Waals surface area contributed by atoms with E-state index in [2.05, 4.69) is 19.2 Å². The van der Waals surface area contributed by atoms with Crippen LogP contribution in [0.5, 0.6) is 0 Å². The molecular weight excluding hydrogens is 267 g/mol. The molecule has 1 aromatic rings. The number of carbonyl (C=O) groups is 1. The van der Waals surface area contributed by atoms with Gasteiger partial charge in [0.05, 0.1) is 5.54 Å². The fourth-order valence-corrected chi connectivity index (χ4v) is 3.07. The molecule has 1 N–H and O–H groups in total. The van der Waals surface area contributed by atoms with E-state index >= 15 is 0 Å². The minimum Gasteiger partial charge on any atom is -0.318 e. The maximum atomic E-state index is 13.6. The molecule has 1 fully saturated rings. The van der Waals surface area contributed by atoms with Crippen molar-refractivity contribution in [2.75, 3.05) is 0 Å². The lowest BCUT2D eigenvalue weighted by atomic mass is 9.98. The Labute approximate surface area is 126 Å². The van der Waals surface area contributed by atoms with Gasteiger partial charge in [-0.1, -0.05) is 32.9 Å². The van der Waals surface area contributed by atoms with Crippen LogP contribution in [0.1, 0.15) is 58.7 Å². The number of hydrogen-bond donors (Lipinski definition) is 1. The molecule has 0 radical (unpaired) electrons. The third kappa shape index (κ3) is 2.82. The van der Waals surface area contributed by atoms with Gasteiger partial charge in [-0.05, 0) is 43.9 Å². The number of hydrogen-bond acceptors (Lipinski definition) is 2. The van der Waals surface area contributed by atoms with Crippen LogP contribution in [0.4, 0.5) is 4.39 Å². The summed E-state index contributed by atoms with van der Waals surface area (Å²) in [6.07, 6.45) is 2.27. The molecule has 3 nitrogen and oxygen atoms in total. The largest absolute Gasteiger partial charge is 0.318 e. The van der Waals surface area contributed by atoms with E-state index < -0.39 is 5.54 Å². The van der Waals surface area contributed by atoms with Crippen LogP contribution in [0, 0.1) is 5.82 Å². The molecule has 1 heterocycles. The Morgan fingerprint density at radius 2 is 2.00 bits per heavy atom. The van der Waals surface area contributed by atoms with Crippen LogP contribution in [0.25, 0.3) is 0 Å². The van der Waals surface area contributed by atoms with Crippen molar-refractivity contribution in [2.45, 2.75) is 64.7 Å². The predicted molar refractivity (Wildman–Crippen MR) is 82.2 cm³/mol. The average Bonchev–Trinajstić information content (AvgIpc) is 2.75. The maximum Gasteiger partial charge on any atom is 0.244 e. The van der Waals surface area contributed by atoms with Gasteiger partial charge in [0.2, 0.25) is 5.91 Å². The lowest BCUT2D eigenvalue weighted by Crippen LogP contribution is -2.44. The molecule has 1 aliphatic heterocycles. The highest BCUT2D eigenvalue weighted by Crippen LogP contribution is 2.35. The second kappa shape index (κ2) is 6.14. The maximum absolute atomic E-state index is 13.6. The molecule has 0 saturated carbocycles. The van der Waals surface area contributed by atoms with Crippen molar-refractivity contribution in [1.82, 2.24) is 10.2 Å². The van der Waals surface area contributed by atoms with Crippen LogP contribution in [-0.2, 0) is 4.79 Å². The number of benzene rings is 1. The second-order valence-electron chi connectivity index (χ2n) is 5.97. The standard InChI is InChI=1S/C17H25FN2O/c1-5-14(6-2)20-15(12-9-8-10-13(18)11-12)19-17(4,7-3)16(20)21/h8-11,14-15,19H,5-7H2,1-4H3. The molecule has 2 atom stereocenters. The Hall–Kier alpha value is -1.42. The first-order chi connectivity index (χ1) is 9.96. The van der Waals surface area contributed by atoms with Crippen molar-refractivity contribution in [2.24, 2.45) is 0 Å². The number of carbonyl (C=O) groups excluding carboxylic acids is 1. The molecule has 4 heteroatoms. The molecule has 116 valence electrons. The molecule has 21 heavy (non-hydrogen) atoms. The second-order valence-corrected chi connectivity index (χ2v) is 5.97. The zero-order valence-electron chi connectivity index (χ0n) is 13.3. The lowest BCUT2D eigenvalue weighted by molar-refractivity contribution is -0.135. The average molecular weight is 292 g/mol. The number of amides is 1. The van der Waals surface area contributed by atoms with Crippen molar-refractivity contribution in [1.29, 1.82) is 0 Å². The SMILES string of the molecule is CCC(CC)N1C(=O)C(C)(CC)NC1c1cccc(F)c1. The van der Waals surface area contributed by atoms with Crippen LogP contribution >= 0.6 is 0 Å². The van der Waals surface area contributed by atoms with E-state index in [-0.39, 0.29) is 23.9 Å². The zero-order valence-corrected chi connectivity index (χ0v) is 13.3. The van der Waals surface area contributed by atoms with Gasteiger partial charge in [-0.15, -0.1) is 0 Å². The Balaban J connectivity index is 2.43. The number of nitrogens with one attached hydrogen (secondary N) is 1. The van der Waals surface area contributed by atoms with Gasteiger partial charge in [0, 0.05) is 6.04 Å². The lowest BCUT2D eigenvalue weighted by Gasteiger charge is -2.32. The van der Waals surface area contributed by atoms with Crippen LogP contribution in [0.3, 0.4) is 0 Å². The van der Waals surface area contributed by atoms with E-state index in [0.29, 0.717) is 6.42 Å². The minimum atomic E-state index is -0.570. The Kier molecular flexibility index (Phi) is 4.67. The molecule has 1 saturated heterocycles. The van der Waals surface area contributed by atoms with E-state index in [1.807, 2.05) is 24.8 Å². The smallest absolute Gasteiger partial charge is 0.244 e. The summed E-state index contributed by atoms with van der Waals surface area (Å²) in [5, 5.41) is 3.42. The number of nitrogens with zero attached hydrogens (tertiary/aromatic N) is 1. The first-order valence-corrected chi connectivity index (χ1v) is 7.82. The molecule has 0 bridgehead atoms. The number of halogens is 1. The highest BCUT2D eigenvalue weighted by atomic mass is 19.1. The first kappa shape index (κ1) is 16.0. The summed E-state index contributed by atoms with van der Waals surface area (Å²) >= 11 is 0. The van der Waals surface area contributed by atoms with Crippen molar-refractivity contribution in [3.63, 3.8) is 0 Å². The molecule has 0 spiro atoms. The summed E-state index contributed by atoms with van der Waals surface area (Å²) in [5.74, 6) is -0.149. The van der Waals surface area contributed by atoms with Crippen molar-refractivity contribution < 1.29 is 9.18 Å². The van der Waals surface area contributed by atoms with Gasteiger partial charge < -0.3 is 4.90 Å². The third-order valence-electron chi connectivity index (χ3n) is 4.65. The zero-order chi connectivity index (χ0) is 15.6. The Morgan fingerprint density at radius 3 is 2.52 bits per heavy atom. The summed E-state index contributed by atoms with van der Waals surface area (Å²) < 4.78 is 13.6. The van der Waals surface area contributed by atoms with E-state index in [1.54, 1.807) is 6.07 Å². The molecule has 1 amide bonds. The molecule has 1 aliphatic rings. The van der Waals surface area contributed by atoms with E-state index in [0.717, 1.165) is 18.4 Å².